The van der Waals surface area contributed by atoms with Crippen molar-refractivity contribution in [3.63, 3.8) is 0 Å². The minimum atomic E-state index is -3.71. The Morgan fingerprint density at radius 1 is 1.29 bits per heavy atom. The van der Waals surface area contributed by atoms with Crippen LogP contribution in [-0.4, -0.2) is 19.9 Å². The van der Waals surface area contributed by atoms with E-state index in [1.165, 1.54) is 18.3 Å². The zero-order valence-electron chi connectivity index (χ0n) is 11.7. The average molecular weight is 326 g/mol. The molecule has 1 aromatic heterocycles. The van der Waals surface area contributed by atoms with Gasteiger partial charge in [-0.05, 0) is 31.5 Å². The summed E-state index contributed by atoms with van der Waals surface area (Å²) in [6.07, 6.45) is 1.45. The molecule has 1 aromatic carbocycles. The lowest BCUT2D eigenvalue weighted by Crippen LogP contribution is -2.14. The molecule has 0 amide bonds. The summed E-state index contributed by atoms with van der Waals surface area (Å²) < 4.78 is 27.4. The predicted molar refractivity (Wildman–Crippen MR) is 85.4 cm³/mol. The number of pyridine rings is 1. The van der Waals surface area contributed by atoms with E-state index in [2.05, 4.69) is 15.0 Å². The maximum Gasteiger partial charge on any atom is 0.262 e. The second kappa shape index (κ2) is 6.32. The molecule has 0 atom stereocenters. The molecule has 2 aromatic rings. The van der Waals surface area contributed by atoms with Gasteiger partial charge in [0, 0.05) is 18.8 Å². The first-order chi connectivity index (χ1) is 9.94. The van der Waals surface area contributed by atoms with Crippen LogP contribution in [0.1, 0.15) is 12.5 Å². The highest BCUT2D eigenvalue weighted by Gasteiger charge is 2.17. The maximum absolute atomic E-state index is 12.4. The minimum Gasteiger partial charge on any atom is -0.370 e. The van der Waals surface area contributed by atoms with Crippen molar-refractivity contribution in [3.05, 3.63) is 47.1 Å². The second-order valence-electron chi connectivity index (χ2n) is 4.44. The number of para-hydroxylation sites is 1. The van der Waals surface area contributed by atoms with E-state index in [0.717, 1.165) is 5.56 Å². The van der Waals surface area contributed by atoms with E-state index >= 15 is 0 Å². The van der Waals surface area contributed by atoms with Crippen molar-refractivity contribution in [2.24, 2.45) is 0 Å². The van der Waals surface area contributed by atoms with E-state index in [0.29, 0.717) is 23.1 Å². The van der Waals surface area contributed by atoms with Crippen LogP contribution in [0.2, 0.25) is 5.02 Å². The van der Waals surface area contributed by atoms with Crippen LogP contribution >= 0.6 is 11.6 Å². The summed E-state index contributed by atoms with van der Waals surface area (Å²) in [5.41, 5.74) is 1.15. The van der Waals surface area contributed by atoms with Crippen molar-refractivity contribution >= 4 is 33.1 Å². The average Bonchev–Trinajstić information content (AvgIpc) is 2.44. The Balaban J connectivity index is 2.36. The molecule has 0 spiro atoms. The fourth-order valence-corrected chi connectivity index (χ4v) is 3.30. The second-order valence-corrected chi connectivity index (χ2v) is 6.53. The van der Waals surface area contributed by atoms with E-state index < -0.39 is 10.0 Å². The van der Waals surface area contributed by atoms with Gasteiger partial charge in [-0.2, -0.15) is 0 Å². The molecule has 5 nitrogen and oxygen atoms in total. The van der Waals surface area contributed by atoms with Gasteiger partial charge in [0.05, 0.1) is 15.6 Å². The summed E-state index contributed by atoms with van der Waals surface area (Å²) in [5.74, 6) is 0.510. The van der Waals surface area contributed by atoms with Crippen LogP contribution in [0.25, 0.3) is 0 Å². The topological polar surface area (TPSA) is 71.1 Å². The SMILES string of the molecule is CCNc1cc(S(=O)(=O)Nc2c(C)cccc2Cl)ccn1. The van der Waals surface area contributed by atoms with E-state index in [1.54, 1.807) is 25.1 Å². The Bertz CT molecular complexity index is 727. The molecular weight excluding hydrogens is 310 g/mol. The van der Waals surface area contributed by atoms with Crippen molar-refractivity contribution in [3.8, 4) is 0 Å². The zero-order chi connectivity index (χ0) is 15.5. The molecule has 2 N–H and O–H groups in total. The third-order valence-electron chi connectivity index (χ3n) is 2.86. The van der Waals surface area contributed by atoms with Gasteiger partial charge in [-0.1, -0.05) is 23.7 Å². The number of nitrogens with zero attached hydrogens (tertiary/aromatic N) is 1. The summed E-state index contributed by atoms with van der Waals surface area (Å²) in [6, 6.07) is 8.13. The molecule has 0 saturated heterocycles. The summed E-state index contributed by atoms with van der Waals surface area (Å²) >= 11 is 6.05. The van der Waals surface area contributed by atoms with Gasteiger partial charge < -0.3 is 5.32 Å². The molecule has 0 fully saturated rings. The first kappa shape index (κ1) is 15.6. The maximum atomic E-state index is 12.4. The van der Waals surface area contributed by atoms with Crippen molar-refractivity contribution in [2.45, 2.75) is 18.7 Å². The number of hydrogen-bond donors (Lipinski definition) is 2. The largest absolute Gasteiger partial charge is 0.370 e. The molecule has 0 aliphatic rings. The third-order valence-corrected chi connectivity index (χ3v) is 4.52. The Kier molecular flexibility index (Phi) is 4.69. The Morgan fingerprint density at radius 2 is 2.05 bits per heavy atom. The van der Waals surface area contributed by atoms with Crippen LogP contribution < -0.4 is 10.0 Å². The lowest BCUT2D eigenvalue weighted by atomic mass is 10.2. The molecule has 112 valence electrons. The fourth-order valence-electron chi connectivity index (χ4n) is 1.81. The number of benzene rings is 1. The van der Waals surface area contributed by atoms with Gasteiger partial charge in [0.2, 0.25) is 0 Å². The first-order valence-corrected chi connectivity index (χ1v) is 8.28. The highest BCUT2D eigenvalue weighted by atomic mass is 35.5. The summed E-state index contributed by atoms with van der Waals surface area (Å²) in [4.78, 5) is 4.19. The summed E-state index contributed by atoms with van der Waals surface area (Å²) in [7, 11) is -3.71. The Morgan fingerprint density at radius 3 is 2.71 bits per heavy atom. The standard InChI is InChI=1S/C14H16ClN3O2S/c1-3-16-13-9-11(7-8-17-13)21(19,20)18-14-10(2)5-4-6-12(14)15/h4-9,18H,3H2,1-2H3,(H,16,17). The quantitative estimate of drug-likeness (QED) is 0.885. The van der Waals surface area contributed by atoms with Crippen LogP contribution in [0.4, 0.5) is 11.5 Å². The normalized spacial score (nSPS) is 11.2. The van der Waals surface area contributed by atoms with Crippen molar-refractivity contribution in [1.29, 1.82) is 0 Å². The van der Waals surface area contributed by atoms with Crippen molar-refractivity contribution < 1.29 is 8.42 Å². The van der Waals surface area contributed by atoms with Crippen LogP contribution in [0, 0.1) is 6.92 Å². The lowest BCUT2D eigenvalue weighted by Gasteiger charge is -2.12. The van der Waals surface area contributed by atoms with Crippen LogP contribution in [0.3, 0.4) is 0 Å². The van der Waals surface area contributed by atoms with Gasteiger partial charge in [0.15, 0.2) is 0 Å². The fraction of sp³-hybridized carbons (Fsp3) is 0.214. The van der Waals surface area contributed by atoms with Gasteiger partial charge in [-0.15, -0.1) is 0 Å². The molecule has 21 heavy (non-hydrogen) atoms. The Hall–Kier alpha value is -1.79. The highest BCUT2D eigenvalue weighted by Crippen LogP contribution is 2.28. The summed E-state index contributed by atoms with van der Waals surface area (Å²) in [6.45, 7) is 4.36. The van der Waals surface area contributed by atoms with E-state index in [1.807, 2.05) is 6.92 Å². The highest BCUT2D eigenvalue weighted by molar-refractivity contribution is 7.92. The summed E-state index contributed by atoms with van der Waals surface area (Å²) in [5, 5.41) is 3.34. The molecule has 0 aliphatic carbocycles. The van der Waals surface area contributed by atoms with Crippen molar-refractivity contribution in [1.82, 2.24) is 4.98 Å². The van der Waals surface area contributed by atoms with Gasteiger partial charge in [0.25, 0.3) is 10.0 Å². The number of anilines is 2. The number of aromatic nitrogens is 1. The van der Waals surface area contributed by atoms with Gasteiger partial charge in [0.1, 0.15) is 5.82 Å². The molecule has 0 unspecified atom stereocenters. The molecule has 0 aliphatic heterocycles. The molecule has 7 heteroatoms. The molecule has 0 bridgehead atoms. The predicted octanol–water partition coefficient (Wildman–Crippen LogP) is 3.28. The van der Waals surface area contributed by atoms with E-state index in [-0.39, 0.29) is 4.90 Å². The Labute approximate surface area is 129 Å². The number of hydrogen-bond acceptors (Lipinski definition) is 4. The van der Waals surface area contributed by atoms with E-state index in [9.17, 15) is 8.42 Å². The monoisotopic (exact) mass is 325 g/mol. The van der Waals surface area contributed by atoms with Gasteiger partial charge in [-0.25, -0.2) is 13.4 Å². The van der Waals surface area contributed by atoms with Crippen LogP contribution in [0.5, 0.6) is 0 Å². The van der Waals surface area contributed by atoms with Gasteiger partial charge >= 0.3 is 0 Å². The zero-order valence-corrected chi connectivity index (χ0v) is 13.3. The molecule has 1 heterocycles. The van der Waals surface area contributed by atoms with Crippen LogP contribution in [-0.2, 0) is 10.0 Å². The first-order valence-electron chi connectivity index (χ1n) is 6.42. The number of nitrogens with one attached hydrogen (secondary N) is 2. The smallest absolute Gasteiger partial charge is 0.262 e. The van der Waals surface area contributed by atoms with Gasteiger partial charge in [-0.3, -0.25) is 4.72 Å². The molecular formula is C14H16ClN3O2S. The van der Waals surface area contributed by atoms with Crippen molar-refractivity contribution in [2.75, 3.05) is 16.6 Å². The number of sulfonamides is 1. The number of rotatable bonds is 5. The third kappa shape index (κ3) is 3.65. The van der Waals surface area contributed by atoms with Crippen LogP contribution in [0.15, 0.2) is 41.4 Å². The number of aryl methyl sites for hydroxylation is 1. The lowest BCUT2D eigenvalue weighted by molar-refractivity contribution is 0.601. The molecule has 0 saturated carbocycles. The molecule has 2 rings (SSSR count). The minimum absolute atomic E-state index is 0.132. The molecule has 0 radical (unpaired) electrons. The number of halogens is 1. The van der Waals surface area contributed by atoms with E-state index in [4.69, 9.17) is 11.6 Å².